The van der Waals surface area contributed by atoms with Crippen LogP contribution in [0.5, 0.6) is 0 Å². The summed E-state index contributed by atoms with van der Waals surface area (Å²) in [5.41, 5.74) is 3.58. The maximum absolute atomic E-state index is 13.9. The Hall–Kier alpha value is -4.17. The molecule has 0 saturated heterocycles. The van der Waals surface area contributed by atoms with Crippen LogP contribution < -0.4 is 10.6 Å². The third kappa shape index (κ3) is 6.95. The predicted octanol–water partition coefficient (Wildman–Crippen LogP) is 4.82. The lowest BCUT2D eigenvalue weighted by molar-refractivity contribution is -0.141. The molecule has 0 spiro atoms. The van der Waals surface area contributed by atoms with Crippen LogP contribution in [0.1, 0.15) is 58.7 Å². The van der Waals surface area contributed by atoms with Gasteiger partial charge in [0.05, 0.1) is 29.7 Å². The number of rotatable bonds is 11. The highest BCUT2D eigenvalue weighted by Gasteiger charge is 2.38. The molecule has 0 aliphatic rings. The van der Waals surface area contributed by atoms with Gasteiger partial charge >= 0.3 is 6.18 Å². The van der Waals surface area contributed by atoms with Crippen molar-refractivity contribution in [3.8, 4) is 23.6 Å². The minimum absolute atomic E-state index is 0.0308. The van der Waals surface area contributed by atoms with E-state index in [1.165, 1.54) is 17.1 Å². The summed E-state index contributed by atoms with van der Waals surface area (Å²) in [4.78, 5) is 21.8. The Balaban J connectivity index is 1.58. The van der Waals surface area contributed by atoms with Crippen LogP contribution in [0.4, 0.5) is 13.2 Å². The summed E-state index contributed by atoms with van der Waals surface area (Å²) in [6.45, 7) is 9.71. The normalized spacial score (nSPS) is 11.8. The number of nitrogens with one attached hydrogen (secondary N) is 2. The molecule has 41 heavy (non-hydrogen) atoms. The minimum atomic E-state index is -4.61. The Morgan fingerprint density at radius 3 is 2.54 bits per heavy atom. The number of imidazole rings is 1. The van der Waals surface area contributed by atoms with Crippen LogP contribution in [0, 0.1) is 32.1 Å². The van der Waals surface area contributed by atoms with Gasteiger partial charge in [-0.15, -0.1) is 6.42 Å². The number of aromatic nitrogens is 5. The van der Waals surface area contributed by atoms with Gasteiger partial charge in [0.25, 0.3) is 5.91 Å². The molecule has 1 aromatic carbocycles. The van der Waals surface area contributed by atoms with Gasteiger partial charge in [-0.25, -0.2) is 4.98 Å². The van der Waals surface area contributed by atoms with Gasteiger partial charge < -0.3 is 10.6 Å². The maximum Gasteiger partial charge on any atom is 0.435 e. The zero-order valence-electron chi connectivity index (χ0n) is 23.6. The minimum Gasteiger partial charge on any atom is -0.352 e. The fourth-order valence-electron chi connectivity index (χ4n) is 4.95. The zero-order valence-corrected chi connectivity index (χ0v) is 23.6. The first kappa shape index (κ1) is 29.8. The largest absolute Gasteiger partial charge is 0.435 e. The number of alkyl halides is 3. The SMILES string of the molecule is C#CCNCCCNC(=O)c1c(C)cc(Cc2nccn3c(-c4cn(CC(C)C)nc4C(F)(F)F)cnc23)cc1C. The summed E-state index contributed by atoms with van der Waals surface area (Å²) < 4.78 is 44.7. The van der Waals surface area contributed by atoms with Crippen LogP contribution in [0.15, 0.2) is 36.9 Å². The number of carbonyl (C=O) groups is 1. The van der Waals surface area contributed by atoms with Crippen molar-refractivity contribution < 1.29 is 18.0 Å². The molecule has 4 rings (SSSR count). The van der Waals surface area contributed by atoms with E-state index in [-0.39, 0.29) is 17.4 Å². The van der Waals surface area contributed by atoms with Gasteiger partial charge in [-0.2, -0.15) is 18.3 Å². The van der Waals surface area contributed by atoms with Crippen LogP contribution in [-0.4, -0.2) is 49.7 Å². The van der Waals surface area contributed by atoms with Crippen LogP contribution in [-0.2, 0) is 19.1 Å². The Bertz CT molecular complexity index is 1550. The number of carbonyl (C=O) groups excluding carboxylic acids is 1. The highest BCUT2D eigenvalue weighted by molar-refractivity contribution is 5.97. The highest BCUT2D eigenvalue weighted by Crippen LogP contribution is 2.36. The monoisotopic (exact) mass is 565 g/mol. The van der Waals surface area contributed by atoms with Crippen molar-refractivity contribution in [3.63, 3.8) is 0 Å². The van der Waals surface area contributed by atoms with Crippen LogP contribution in [0.3, 0.4) is 0 Å². The van der Waals surface area contributed by atoms with Crippen molar-refractivity contribution >= 4 is 11.6 Å². The van der Waals surface area contributed by atoms with Gasteiger partial charge in [0.2, 0.25) is 0 Å². The molecule has 0 atom stereocenters. The zero-order chi connectivity index (χ0) is 29.7. The van der Waals surface area contributed by atoms with Crippen LogP contribution >= 0.6 is 0 Å². The lowest BCUT2D eigenvalue weighted by Gasteiger charge is -2.13. The first-order valence-corrected chi connectivity index (χ1v) is 13.5. The lowest BCUT2D eigenvalue weighted by atomic mass is 9.96. The van der Waals surface area contributed by atoms with E-state index in [0.717, 1.165) is 23.1 Å². The fourth-order valence-corrected chi connectivity index (χ4v) is 4.95. The molecule has 0 bridgehead atoms. The van der Waals surface area contributed by atoms with Gasteiger partial charge in [-0.3, -0.25) is 18.9 Å². The molecule has 1 amide bonds. The number of amides is 1. The Morgan fingerprint density at radius 2 is 1.88 bits per heavy atom. The third-order valence-corrected chi connectivity index (χ3v) is 6.59. The van der Waals surface area contributed by atoms with Crippen molar-refractivity contribution in [1.29, 1.82) is 0 Å². The molecular weight excluding hydrogens is 531 g/mol. The molecule has 0 fully saturated rings. The van der Waals surface area contributed by atoms with E-state index in [9.17, 15) is 18.0 Å². The Morgan fingerprint density at radius 1 is 1.15 bits per heavy atom. The predicted molar refractivity (Wildman–Crippen MR) is 151 cm³/mol. The second-order valence-electron chi connectivity index (χ2n) is 10.5. The summed E-state index contributed by atoms with van der Waals surface area (Å²) in [6, 6.07) is 3.87. The average Bonchev–Trinajstić information content (AvgIpc) is 3.50. The molecule has 0 radical (unpaired) electrons. The summed E-state index contributed by atoms with van der Waals surface area (Å²) in [7, 11) is 0. The molecule has 2 N–H and O–H groups in total. The number of benzene rings is 1. The Labute approximate surface area is 237 Å². The third-order valence-electron chi connectivity index (χ3n) is 6.59. The maximum atomic E-state index is 13.9. The number of hydrogen-bond acceptors (Lipinski definition) is 5. The first-order chi connectivity index (χ1) is 19.5. The molecule has 8 nitrogen and oxygen atoms in total. The van der Waals surface area contributed by atoms with E-state index in [4.69, 9.17) is 6.42 Å². The summed E-state index contributed by atoms with van der Waals surface area (Å²) in [5, 5.41) is 9.88. The lowest BCUT2D eigenvalue weighted by Crippen LogP contribution is -2.28. The van der Waals surface area contributed by atoms with Crippen molar-refractivity contribution in [2.75, 3.05) is 19.6 Å². The number of terminal acetylenes is 1. The molecule has 0 saturated carbocycles. The number of fused-ring (bicyclic) bond motifs is 1. The number of aryl methyl sites for hydroxylation is 2. The molecular formula is C30H34F3N7O. The second kappa shape index (κ2) is 12.6. The van der Waals surface area contributed by atoms with E-state index < -0.39 is 11.9 Å². The van der Waals surface area contributed by atoms with Gasteiger partial charge in [0, 0.05) is 43.7 Å². The molecule has 3 heterocycles. The number of nitrogens with zero attached hydrogens (tertiary/aromatic N) is 5. The second-order valence-corrected chi connectivity index (χ2v) is 10.5. The average molecular weight is 566 g/mol. The van der Waals surface area contributed by atoms with Crippen molar-refractivity contribution in [2.24, 2.45) is 5.92 Å². The van der Waals surface area contributed by atoms with Crippen molar-refractivity contribution in [2.45, 2.75) is 53.3 Å². The number of hydrogen-bond donors (Lipinski definition) is 2. The van der Waals surface area contributed by atoms with E-state index in [1.54, 1.807) is 16.8 Å². The smallest absolute Gasteiger partial charge is 0.352 e. The molecule has 0 aliphatic carbocycles. The van der Waals surface area contributed by atoms with E-state index in [1.807, 2.05) is 39.8 Å². The standard InChI is InChI=1S/C30H34F3N7O/c1-6-8-34-9-7-10-36-29(41)26-20(4)13-22(14-21(26)5)15-24-28-37-16-25(40(28)12-11-35-24)23-18-39(17-19(2)3)38-27(23)30(31,32)33/h1,11-14,16,18-19,34H,7-10,15,17H2,2-5H3,(H,36,41). The van der Waals surface area contributed by atoms with Gasteiger partial charge in [-0.05, 0) is 49.4 Å². The van der Waals surface area contributed by atoms with E-state index in [0.29, 0.717) is 55.2 Å². The van der Waals surface area contributed by atoms with Gasteiger partial charge in [-0.1, -0.05) is 31.9 Å². The Kier molecular flexibility index (Phi) is 9.13. The van der Waals surface area contributed by atoms with Crippen molar-refractivity contribution in [3.05, 3.63) is 70.6 Å². The molecule has 0 aliphatic heterocycles. The fraction of sp³-hybridized carbons (Fsp3) is 0.400. The topological polar surface area (TPSA) is 89.1 Å². The molecule has 4 aromatic rings. The summed E-state index contributed by atoms with van der Waals surface area (Å²) >= 11 is 0. The van der Waals surface area contributed by atoms with Gasteiger partial charge in [0.15, 0.2) is 11.3 Å². The van der Waals surface area contributed by atoms with Crippen molar-refractivity contribution in [1.82, 2.24) is 34.8 Å². The van der Waals surface area contributed by atoms with Crippen LogP contribution in [0.25, 0.3) is 16.9 Å². The van der Waals surface area contributed by atoms with E-state index >= 15 is 0 Å². The van der Waals surface area contributed by atoms with Crippen LogP contribution in [0.2, 0.25) is 0 Å². The molecule has 216 valence electrons. The van der Waals surface area contributed by atoms with E-state index in [2.05, 4.69) is 31.6 Å². The quantitative estimate of drug-likeness (QED) is 0.201. The van der Waals surface area contributed by atoms with Gasteiger partial charge in [0.1, 0.15) is 0 Å². The summed E-state index contributed by atoms with van der Waals surface area (Å²) in [5.74, 6) is 2.50. The number of halogens is 3. The molecule has 11 heteroatoms. The highest BCUT2D eigenvalue weighted by atomic mass is 19.4. The first-order valence-electron chi connectivity index (χ1n) is 13.5. The molecule has 0 unspecified atom stereocenters. The summed E-state index contributed by atoms with van der Waals surface area (Å²) in [6.07, 6.45) is 7.77. The molecule has 3 aromatic heterocycles.